The van der Waals surface area contributed by atoms with Crippen molar-refractivity contribution in [1.29, 1.82) is 5.26 Å². The number of nitrogens with zero attached hydrogens (tertiary/aromatic N) is 4. The van der Waals surface area contributed by atoms with Gasteiger partial charge in [0.2, 0.25) is 0 Å². The molecule has 0 saturated heterocycles. The standard InChI is InChI=1S/C30H25Cl2F3N6OS/c31-25-6-1-3-21(28(25)32)16-40(29(43)39-23-5-2-4-22(11-23)30(33,34)35)17-26(37)27(42)12-24-14-38-18-41(24)15-20-9-7-19(13-36)8-10-20/h1-11,14,18,26H,12,15-17,37H2,(H,39,43). The maximum atomic E-state index is 13.3. The number of nitrogens with one attached hydrogen (secondary N) is 1. The number of nitriles is 1. The molecule has 3 N–H and O–H groups in total. The van der Waals surface area contributed by atoms with E-state index in [4.69, 9.17) is 46.4 Å². The molecule has 0 radical (unpaired) electrons. The van der Waals surface area contributed by atoms with Gasteiger partial charge in [0.05, 0.1) is 39.6 Å². The van der Waals surface area contributed by atoms with Crippen LogP contribution in [0.2, 0.25) is 10.0 Å². The first-order valence-corrected chi connectivity index (χ1v) is 14.0. The molecule has 1 heterocycles. The number of hydrogen-bond donors (Lipinski definition) is 2. The van der Waals surface area contributed by atoms with Crippen LogP contribution in [0.15, 0.2) is 79.3 Å². The molecule has 1 aromatic heterocycles. The highest BCUT2D eigenvalue weighted by Crippen LogP contribution is 2.31. The predicted octanol–water partition coefficient (Wildman–Crippen LogP) is 6.47. The number of carbonyl (C=O) groups is 1. The van der Waals surface area contributed by atoms with Crippen molar-refractivity contribution in [3.63, 3.8) is 0 Å². The summed E-state index contributed by atoms with van der Waals surface area (Å²) in [5, 5.41) is 12.5. The molecular weight excluding hydrogens is 620 g/mol. The molecule has 0 fully saturated rings. The molecule has 3 aromatic carbocycles. The van der Waals surface area contributed by atoms with Gasteiger partial charge in [-0.05, 0) is 59.7 Å². The van der Waals surface area contributed by atoms with Crippen LogP contribution < -0.4 is 11.1 Å². The highest BCUT2D eigenvalue weighted by molar-refractivity contribution is 7.80. The number of carbonyl (C=O) groups excluding carboxylic acids is 1. The topological polar surface area (TPSA) is 100.0 Å². The molecule has 7 nitrogen and oxygen atoms in total. The number of imidazole rings is 1. The Morgan fingerprint density at radius 3 is 2.56 bits per heavy atom. The number of thiocarbonyl (C=S) groups is 1. The summed E-state index contributed by atoms with van der Waals surface area (Å²) in [6, 6.07) is 17.8. The molecule has 222 valence electrons. The summed E-state index contributed by atoms with van der Waals surface area (Å²) in [5.74, 6) is -0.300. The second-order valence-corrected chi connectivity index (χ2v) is 10.8. The second kappa shape index (κ2) is 14.0. The van der Waals surface area contributed by atoms with E-state index >= 15 is 0 Å². The number of rotatable bonds is 10. The van der Waals surface area contributed by atoms with E-state index in [-0.39, 0.29) is 41.1 Å². The molecule has 0 spiro atoms. The minimum atomic E-state index is -4.53. The minimum absolute atomic E-state index is 0.0168. The number of anilines is 1. The number of aromatic nitrogens is 2. The molecule has 4 rings (SSSR count). The zero-order chi connectivity index (χ0) is 31.1. The molecule has 13 heteroatoms. The Hall–Kier alpha value is -3.95. The lowest BCUT2D eigenvalue weighted by atomic mass is 10.1. The summed E-state index contributed by atoms with van der Waals surface area (Å²) < 4.78 is 41.6. The molecule has 0 aliphatic carbocycles. The summed E-state index contributed by atoms with van der Waals surface area (Å²) in [5.41, 5.74) is 8.32. The van der Waals surface area contributed by atoms with Gasteiger partial charge in [-0.1, -0.05) is 53.5 Å². The molecule has 0 aliphatic heterocycles. The van der Waals surface area contributed by atoms with E-state index in [0.717, 1.165) is 17.7 Å². The number of benzene rings is 3. The molecule has 0 amide bonds. The average molecular weight is 646 g/mol. The van der Waals surface area contributed by atoms with Gasteiger partial charge in [-0.2, -0.15) is 18.4 Å². The Bertz CT molecular complexity index is 1650. The van der Waals surface area contributed by atoms with Crippen LogP contribution >= 0.6 is 35.4 Å². The second-order valence-electron chi connectivity index (χ2n) is 9.67. The van der Waals surface area contributed by atoms with Crippen LogP contribution in [0.5, 0.6) is 0 Å². The summed E-state index contributed by atoms with van der Waals surface area (Å²) >= 11 is 18.1. The first kappa shape index (κ1) is 32.0. The lowest BCUT2D eigenvalue weighted by Gasteiger charge is -2.29. The van der Waals surface area contributed by atoms with Crippen molar-refractivity contribution in [1.82, 2.24) is 14.5 Å². The van der Waals surface area contributed by atoms with Gasteiger partial charge in [-0.25, -0.2) is 4.98 Å². The van der Waals surface area contributed by atoms with E-state index in [2.05, 4.69) is 16.4 Å². The SMILES string of the molecule is N#Cc1ccc(Cn2cncc2CC(=O)C(N)CN(Cc2cccc(Cl)c2Cl)C(=S)Nc2cccc(C(F)(F)F)c2)cc1. The molecule has 43 heavy (non-hydrogen) atoms. The number of nitrogens with two attached hydrogens (primary N) is 1. The number of alkyl halides is 3. The number of ketones is 1. The lowest BCUT2D eigenvalue weighted by Crippen LogP contribution is -2.46. The fourth-order valence-electron chi connectivity index (χ4n) is 4.24. The van der Waals surface area contributed by atoms with Gasteiger partial charge in [-0.3, -0.25) is 4.79 Å². The van der Waals surface area contributed by atoms with Crippen molar-refractivity contribution in [3.05, 3.63) is 117 Å². The highest BCUT2D eigenvalue weighted by atomic mass is 35.5. The first-order chi connectivity index (χ1) is 20.4. The lowest BCUT2D eigenvalue weighted by molar-refractivity contribution is -0.137. The van der Waals surface area contributed by atoms with E-state index in [0.29, 0.717) is 28.4 Å². The Morgan fingerprint density at radius 1 is 1.14 bits per heavy atom. The van der Waals surface area contributed by atoms with Crippen LogP contribution in [0.25, 0.3) is 0 Å². The van der Waals surface area contributed by atoms with Crippen LogP contribution in [-0.2, 0) is 30.5 Å². The van der Waals surface area contributed by atoms with Gasteiger partial charge in [0.1, 0.15) is 0 Å². The fraction of sp³-hybridized carbons (Fsp3) is 0.200. The average Bonchev–Trinajstić information content (AvgIpc) is 3.41. The summed E-state index contributed by atoms with van der Waals surface area (Å²) in [6.45, 7) is 0.464. The van der Waals surface area contributed by atoms with Gasteiger partial charge >= 0.3 is 6.18 Å². The van der Waals surface area contributed by atoms with Crippen molar-refractivity contribution >= 4 is 52.0 Å². The molecule has 0 bridgehead atoms. The number of Topliss-reactive ketones (excluding diaryl/α,β-unsaturated/α-hetero) is 1. The van der Waals surface area contributed by atoms with Gasteiger partial charge in [0.15, 0.2) is 10.9 Å². The third-order valence-electron chi connectivity index (χ3n) is 6.54. The van der Waals surface area contributed by atoms with Crippen LogP contribution in [0, 0.1) is 11.3 Å². The Morgan fingerprint density at radius 2 is 1.86 bits per heavy atom. The fourth-order valence-corrected chi connectivity index (χ4v) is 4.88. The molecular formula is C30H25Cl2F3N6OS. The normalized spacial score (nSPS) is 11.9. The predicted molar refractivity (Wildman–Crippen MR) is 164 cm³/mol. The van der Waals surface area contributed by atoms with E-state index in [1.807, 2.05) is 16.7 Å². The van der Waals surface area contributed by atoms with Gasteiger partial charge in [-0.15, -0.1) is 0 Å². The van der Waals surface area contributed by atoms with E-state index < -0.39 is 17.8 Å². The number of halogens is 5. The molecule has 1 unspecified atom stereocenters. The monoisotopic (exact) mass is 644 g/mol. The minimum Gasteiger partial charge on any atom is -0.343 e. The van der Waals surface area contributed by atoms with Gasteiger partial charge in [0, 0.05) is 43.6 Å². The molecule has 4 aromatic rings. The van der Waals surface area contributed by atoms with Crippen molar-refractivity contribution < 1.29 is 18.0 Å². The Labute approximate surface area is 261 Å². The molecule has 1 atom stereocenters. The molecule has 0 aliphatic rings. The zero-order valence-electron chi connectivity index (χ0n) is 22.5. The van der Waals surface area contributed by atoms with E-state index in [1.54, 1.807) is 47.8 Å². The third kappa shape index (κ3) is 8.55. The Kier molecular flexibility index (Phi) is 10.4. The third-order valence-corrected chi connectivity index (χ3v) is 7.76. The van der Waals surface area contributed by atoms with Crippen molar-refractivity contribution in [2.45, 2.75) is 31.7 Å². The quantitative estimate of drug-likeness (QED) is 0.191. The van der Waals surface area contributed by atoms with Crippen LogP contribution in [0.3, 0.4) is 0 Å². The maximum absolute atomic E-state index is 13.3. The van der Waals surface area contributed by atoms with Crippen LogP contribution in [-0.4, -0.2) is 37.9 Å². The van der Waals surface area contributed by atoms with Crippen molar-refractivity contribution in [3.8, 4) is 6.07 Å². The molecule has 0 saturated carbocycles. The number of hydrogen-bond acceptors (Lipinski definition) is 5. The van der Waals surface area contributed by atoms with E-state index in [1.165, 1.54) is 12.1 Å². The van der Waals surface area contributed by atoms with Crippen molar-refractivity contribution in [2.24, 2.45) is 5.73 Å². The van der Waals surface area contributed by atoms with Crippen LogP contribution in [0.1, 0.15) is 27.9 Å². The summed E-state index contributed by atoms with van der Waals surface area (Å²) in [7, 11) is 0. The van der Waals surface area contributed by atoms with Crippen LogP contribution in [0.4, 0.5) is 18.9 Å². The first-order valence-electron chi connectivity index (χ1n) is 12.9. The zero-order valence-corrected chi connectivity index (χ0v) is 24.8. The highest BCUT2D eigenvalue weighted by Gasteiger charge is 2.30. The smallest absolute Gasteiger partial charge is 0.343 e. The maximum Gasteiger partial charge on any atom is 0.416 e. The summed E-state index contributed by atoms with van der Waals surface area (Å²) in [4.78, 5) is 19.0. The van der Waals surface area contributed by atoms with E-state index in [9.17, 15) is 18.0 Å². The Balaban J connectivity index is 1.50. The largest absolute Gasteiger partial charge is 0.416 e. The van der Waals surface area contributed by atoms with Crippen molar-refractivity contribution in [2.75, 3.05) is 11.9 Å². The van der Waals surface area contributed by atoms with Gasteiger partial charge in [0.25, 0.3) is 0 Å². The summed E-state index contributed by atoms with van der Waals surface area (Å²) in [6.07, 6.45) is -1.36. The van der Waals surface area contributed by atoms with Gasteiger partial charge < -0.3 is 20.5 Å².